The lowest BCUT2D eigenvalue weighted by molar-refractivity contribution is -0.119. The van der Waals surface area contributed by atoms with E-state index in [-0.39, 0.29) is 5.91 Å². The number of nitrogens with zero attached hydrogens (tertiary/aromatic N) is 4. The molecule has 0 fully saturated rings. The molecule has 0 aliphatic rings. The normalized spacial score (nSPS) is 11.0. The summed E-state index contributed by atoms with van der Waals surface area (Å²) in [4.78, 5) is 16.7. The zero-order valence-corrected chi connectivity index (χ0v) is 16.2. The standard InChI is InChI=1S/C22H26N4O/c1-4-25(21-13-9-8-10-18(21)2)22(27)17-24(3)15-19-14-23-26(16-19)20-11-6-5-7-12-20/h5-14,16H,4,15,17H2,1-3H3. The summed E-state index contributed by atoms with van der Waals surface area (Å²) in [5.74, 6) is 0.102. The monoisotopic (exact) mass is 362 g/mol. The second-order valence-electron chi connectivity index (χ2n) is 6.73. The van der Waals surface area contributed by atoms with Gasteiger partial charge in [-0.3, -0.25) is 9.69 Å². The number of benzene rings is 2. The first-order valence-electron chi connectivity index (χ1n) is 9.22. The van der Waals surface area contributed by atoms with E-state index in [9.17, 15) is 4.79 Å². The predicted molar refractivity (Wildman–Crippen MR) is 109 cm³/mol. The van der Waals surface area contributed by atoms with Gasteiger partial charge in [0.2, 0.25) is 5.91 Å². The van der Waals surface area contributed by atoms with Crippen LogP contribution in [0.3, 0.4) is 0 Å². The second-order valence-corrected chi connectivity index (χ2v) is 6.73. The van der Waals surface area contributed by atoms with Crippen LogP contribution in [-0.4, -0.2) is 40.7 Å². The van der Waals surface area contributed by atoms with Gasteiger partial charge < -0.3 is 4.90 Å². The van der Waals surface area contributed by atoms with Crippen molar-refractivity contribution >= 4 is 11.6 Å². The highest BCUT2D eigenvalue weighted by Crippen LogP contribution is 2.19. The van der Waals surface area contributed by atoms with Gasteiger partial charge in [-0.25, -0.2) is 4.68 Å². The highest BCUT2D eigenvalue weighted by molar-refractivity contribution is 5.95. The van der Waals surface area contributed by atoms with Gasteiger partial charge in [-0.15, -0.1) is 0 Å². The lowest BCUT2D eigenvalue weighted by Crippen LogP contribution is -2.39. The lowest BCUT2D eigenvalue weighted by atomic mass is 10.2. The smallest absolute Gasteiger partial charge is 0.241 e. The fraction of sp³-hybridized carbons (Fsp3) is 0.273. The van der Waals surface area contributed by atoms with E-state index in [1.807, 2.05) is 102 Å². The van der Waals surface area contributed by atoms with Gasteiger partial charge in [-0.05, 0) is 44.7 Å². The lowest BCUT2D eigenvalue weighted by Gasteiger charge is -2.25. The summed E-state index contributed by atoms with van der Waals surface area (Å²) >= 11 is 0. The fourth-order valence-corrected chi connectivity index (χ4v) is 3.19. The van der Waals surface area contributed by atoms with Crippen molar-refractivity contribution < 1.29 is 4.79 Å². The summed E-state index contributed by atoms with van der Waals surface area (Å²) in [6.45, 7) is 5.73. The van der Waals surface area contributed by atoms with Crippen molar-refractivity contribution in [2.75, 3.05) is 25.0 Å². The minimum atomic E-state index is 0.102. The number of rotatable bonds is 7. The molecule has 1 amide bonds. The summed E-state index contributed by atoms with van der Waals surface area (Å²) in [6.07, 6.45) is 3.86. The quantitative estimate of drug-likeness (QED) is 0.644. The molecule has 3 rings (SSSR count). The highest BCUT2D eigenvalue weighted by atomic mass is 16.2. The fourth-order valence-electron chi connectivity index (χ4n) is 3.19. The van der Waals surface area contributed by atoms with Crippen molar-refractivity contribution in [2.24, 2.45) is 0 Å². The number of hydrogen-bond donors (Lipinski definition) is 0. The number of para-hydroxylation sites is 2. The Bertz CT molecular complexity index is 888. The van der Waals surface area contributed by atoms with E-state index in [0.717, 1.165) is 22.5 Å². The van der Waals surface area contributed by atoms with E-state index in [4.69, 9.17) is 0 Å². The van der Waals surface area contributed by atoms with Crippen LogP contribution in [0.15, 0.2) is 67.0 Å². The van der Waals surface area contributed by atoms with Crippen molar-refractivity contribution in [3.8, 4) is 5.69 Å². The predicted octanol–water partition coefficient (Wildman–Crippen LogP) is 3.67. The first kappa shape index (κ1) is 18.9. The number of aryl methyl sites for hydroxylation is 1. The molecule has 5 heteroatoms. The Morgan fingerprint density at radius 2 is 1.78 bits per heavy atom. The largest absolute Gasteiger partial charge is 0.311 e. The summed E-state index contributed by atoms with van der Waals surface area (Å²) in [5.41, 5.74) is 4.20. The minimum Gasteiger partial charge on any atom is -0.311 e. The van der Waals surface area contributed by atoms with E-state index in [0.29, 0.717) is 19.6 Å². The molecule has 1 heterocycles. The molecule has 0 aliphatic carbocycles. The van der Waals surface area contributed by atoms with Crippen LogP contribution in [0, 0.1) is 6.92 Å². The van der Waals surface area contributed by atoms with Crippen molar-refractivity contribution in [2.45, 2.75) is 20.4 Å². The van der Waals surface area contributed by atoms with Gasteiger partial charge in [0.1, 0.15) is 0 Å². The van der Waals surface area contributed by atoms with Crippen molar-refractivity contribution in [1.29, 1.82) is 0 Å². The van der Waals surface area contributed by atoms with Crippen LogP contribution < -0.4 is 4.90 Å². The average Bonchev–Trinajstić information content (AvgIpc) is 3.13. The summed E-state index contributed by atoms with van der Waals surface area (Å²) in [6, 6.07) is 18.0. The van der Waals surface area contributed by atoms with Crippen LogP contribution in [0.5, 0.6) is 0 Å². The number of carbonyl (C=O) groups is 1. The summed E-state index contributed by atoms with van der Waals surface area (Å²) in [5, 5.41) is 4.42. The molecule has 0 unspecified atom stereocenters. The van der Waals surface area contributed by atoms with Crippen LogP contribution >= 0.6 is 0 Å². The van der Waals surface area contributed by atoms with Crippen molar-refractivity contribution in [3.63, 3.8) is 0 Å². The molecular formula is C22H26N4O. The van der Waals surface area contributed by atoms with E-state index in [1.165, 1.54) is 0 Å². The van der Waals surface area contributed by atoms with Crippen LogP contribution in [0.25, 0.3) is 5.69 Å². The van der Waals surface area contributed by atoms with E-state index in [1.54, 1.807) is 0 Å². The summed E-state index contributed by atoms with van der Waals surface area (Å²) in [7, 11) is 1.96. The van der Waals surface area contributed by atoms with Crippen LogP contribution in [0.2, 0.25) is 0 Å². The van der Waals surface area contributed by atoms with Crippen molar-refractivity contribution in [3.05, 3.63) is 78.1 Å². The second kappa shape index (κ2) is 8.64. The molecule has 0 bridgehead atoms. The molecule has 3 aromatic rings. The Morgan fingerprint density at radius 3 is 2.48 bits per heavy atom. The van der Waals surface area contributed by atoms with Gasteiger partial charge in [0.15, 0.2) is 0 Å². The van der Waals surface area contributed by atoms with E-state index < -0.39 is 0 Å². The summed E-state index contributed by atoms with van der Waals surface area (Å²) < 4.78 is 1.86. The molecule has 5 nitrogen and oxygen atoms in total. The number of aromatic nitrogens is 2. The number of hydrogen-bond acceptors (Lipinski definition) is 3. The molecular weight excluding hydrogens is 336 g/mol. The SMILES string of the molecule is CCN(C(=O)CN(C)Cc1cnn(-c2ccccc2)c1)c1ccccc1C. The third-order valence-electron chi connectivity index (χ3n) is 4.54. The molecule has 2 aromatic carbocycles. The van der Waals surface area contributed by atoms with Gasteiger partial charge in [0, 0.05) is 30.5 Å². The Balaban J connectivity index is 1.63. The Kier molecular flexibility index (Phi) is 6.04. The zero-order valence-electron chi connectivity index (χ0n) is 16.2. The maximum absolute atomic E-state index is 12.8. The zero-order chi connectivity index (χ0) is 19.2. The molecule has 0 saturated heterocycles. The Labute approximate surface area is 160 Å². The maximum Gasteiger partial charge on any atom is 0.241 e. The highest BCUT2D eigenvalue weighted by Gasteiger charge is 2.17. The van der Waals surface area contributed by atoms with Gasteiger partial charge in [-0.1, -0.05) is 36.4 Å². The molecule has 0 spiro atoms. The molecule has 1 aromatic heterocycles. The molecule has 0 aliphatic heterocycles. The molecule has 0 atom stereocenters. The van der Waals surface area contributed by atoms with Crippen molar-refractivity contribution in [1.82, 2.24) is 14.7 Å². The molecule has 27 heavy (non-hydrogen) atoms. The first-order valence-corrected chi connectivity index (χ1v) is 9.22. The van der Waals surface area contributed by atoms with Crippen LogP contribution in [-0.2, 0) is 11.3 Å². The third kappa shape index (κ3) is 4.63. The van der Waals surface area contributed by atoms with Gasteiger partial charge in [0.05, 0.1) is 18.4 Å². The first-order chi connectivity index (χ1) is 13.1. The van der Waals surface area contributed by atoms with E-state index >= 15 is 0 Å². The van der Waals surface area contributed by atoms with E-state index in [2.05, 4.69) is 5.10 Å². The minimum absolute atomic E-state index is 0.102. The number of amides is 1. The Hall–Kier alpha value is -2.92. The van der Waals surface area contributed by atoms with Crippen LogP contribution in [0.4, 0.5) is 5.69 Å². The van der Waals surface area contributed by atoms with Gasteiger partial charge in [-0.2, -0.15) is 5.10 Å². The number of carbonyl (C=O) groups excluding carboxylic acids is 1. The molecule has 0 N–H and O–H groups in total. The van der Waals surface area contributed by atoms with Gasteiger partial charge in [0.25, 0.3) is 0 Å². The maximum atomic E-state index is 12.8. The number of likely N-dealkylation sites (N-methyl/N-ethyl adjacent to an activating group) is 2. The number of anilines is 1. The van der Waals surface area contributed by atoms with Crippen LogP contribution in [0.1, 0.15) is 18.1 Å². The Morgan fingerprint density at radius 1 is 1.07 bits per heavy atom. The molecule has 0 saturated carbocycles. The topological polar surface area (TPSA) is 41.4 Å². The molecule has 0 radical (unpaired) electrons. The third-order valence-corrected chi connectivity index (χ3v) is 4.54. The molecule has 140 valence electrons. The average molecular weight is 362 g/mol. The van der Waals surface area contributed by atoms with Gasteiger partial charge >= 0.3 is 0 Å².